The van der Waals surface area contributed by atoms with Gasteiger partial charge >= 0.3 is 5.97 Å². The molecule has 1 aliphatic rings. The van der Waals surface area contributed by atoms with E-state index in [9.17, 15) is 9.59 Å². The number of hydrogen-bond donors (Lipinski definition) is 0. The molecule has 34 heavy (non-hydrogen) atoms. The molecular formula is C27H24Cl2N2O3. The van der Waals surface area contributed by atoms with Crippen molar-refractivity contribution in [2.24, 2.45) is 0 Å². The molecule has 1 aliphatic heterocycles. The highest BCUT2D eigenvalue weighted by Gasteiger charge is 2.38. The molecule has 0 N–H and O–H groups in total. The molecule has 0 saturated heterocycles. The van der Waals surface area contributed by atoms with Crippen molar-refractivity contribution in [3.05, 3.63) is 97.9 Å². The minimum atomic E-state index is -0.583. The number of benzene rings is 2. The van der Waals surface area contributed by atoms with Gasteiger partial charge in [-0.15, -0.1) is 0 Å². The molecule has 2 aromatic carbocycles. The van der Waals surface area contributed by atoms with Crippen LogP contribution in [0.5, 0.6) is 0 Å². The summed E-state index contributed by atoms with van der Waals surface area (Å²) in [6.07, 6.45) is 1.75. The van der Waals surface area contributed by atoms with Gasteiger partial charge in [0.15, 0.2) is 0 Å². The molecule has 0 spiro atoms. The quantitative estimate of drug-likeness (QED) is 0.303. The number of amides is 1. The first-order valence-corrected chi connectivity index (χ1v) is 11.5. The van der Waals surface area contributed by atoms with Crippen molar-refractivity contribution in [2.45, 2.75) is 27.7 Å². The maximum Gasteiger partial charge on any atom is 0.340 e. The van der Waals surface area contributed by atoms with Crippen molar-refractivity contribution in [1.82, 2.24) is 4.57 Å². The number of esters is 1. The number of carbonyl (C=O) groups excluding carboxylic acids is 2. The lowest BCUT2D eigenvalue weighted by molar-refractivity contribution is -0.136. The molecule has 1 amide bonds. The van der Waals surface area contributed by atoms with Gasteiger partial charge < -0.3 is 9.30 Å². The van der Waals surface area contributed by atoms with Crippen molar-refractivity contribution >= 4 is 46.8 Å². The molecule has 0 atom stereocenters. The third-order valence-corrected chi connectivity index (χ3v) is 6.39. The predicted molar refractivity (Wildman–Crippen MR) is 137 cm³/mol. The Kier molecular flexibility index (Phi) is 6.43. The molecule has 1 aromatic heterocycles. The van der Waals surface area contributed by atoms with Gasteiger partial charge in [-0.05, 0) is 75.7 Å². The molecule has 0 saturated carbocycles. The third kappa shape index (κ3) is 4.17. The summed E-state index contributed by atoms with van der Waals surface area (Å²) in [5.74, 6) is -0.934. The van der Waals surface area contributed by atoms with Gasteiger partial charge in [-0.3, -0.25) is 9.69 Å². The first-order valence-electron chi connectivity index (χ1n) is 10.7. The van der Waals surface area contributed by atoms with Gasteiger partial charge in [-0.25, -0.2) is 4.79 Å². The van der Waals surface area contributed by atoms with E-state index in [2.05, 4.69) is 28.8 Å². The largest absolute Gasteiger partial charge is 0.465 e. The van der Waals surface area contributed by atoms with E-state index in [1.54, 1.807) is 31.2 Å². The Morgan fingerprint density at radius 2 is 1.53 bits per heavy atom. The molecule has 4 rings (SSSR count). The molecule has 0 aliphatic carbocycles. The van der Waals surface area contributed by atoms with Crippen molar-refractivity contribution in [2.75, 3.05) is 12.0 Å². The zero-order chi connectivity index (χ0) is 24.7. The van der Waals surface area contributed by atoms with Crippen LogP contribution in [0.25, 0.3) is 11.8 Å². The van der Waals surface area contributed by atoms with Crippen molar-refractivity contribution in [1.29, 1.82) is 0 Å². The number of nitrogens with zero attached hydrogens (tertiary/aromatic N) is 2. The number of ether oxygens (including phenoxy) is 1. The van der Waals surface area contributed by atoms with E-state index in [4.69, 9.17) is 27.9 Å². The topological polar surface area (TPSA) is 51.5 Å². The number of hydrogen-bond acceptors (Lipinski definition) is 3. The lowest BCUT2D eigenvalue weighted by atomic mass is 10.0. The molecule has 7 heteroatoms. The van der Waals surface area contributed by atoms with Crippen LogP contribution in [0.3, 0.4) is 0 Å². The number of methoxy groups -OCH3 is 1. The zero-order valence-electron chi connectivity index (χ0n) is 19.6. The number of halogens is 2. The standard InChI is InChI=1S/C27H24Cl2N2O3/c1-15-6-8-22(9-7-15)30-16(2)10-19(17(30)3)11-24-25(27(33)34-5)18(4)31(26(24)32)23-13-20(28)12-21(29)14-23/h6-14H,1-5H3/b24-11-. The number of carbonyl (C=O) groups is 2. The fourth-order valence-electron chi connectivity index (χ4n) is 4.34. The lowest BCUT2D eigenvalue weighted by Crippen LogP contribution is -2.24. The van der Waals surface area contributed by atoms with E-state index in [0.29, 0.717) is 21.4 Å². The summed E-state index contributed by atoms with van der Waals surface area (Å²) in [6.45, 7) is 7.74. The Balaban J connectivity index is 1.86. The summed E-state index contributed by atoms with van der Waals surface area (Å²) in [7, 11) is 1.30. The normalized spacial score (nSPS) is 15.0. The van der Waals surface area contributed by atoms with E-state index in [1.165, 1.54) is 17.6 Å². The van der Waals surface area contributed by atoms with Gasteiger partial charge in [-0.1, -0.05) is 40.9 Å². The zero-order valence-corrected chi connectivity index (χ0v) is 21.1. The highest BCUT2D eigenvalue weighted by atomic mass is 35.5. The number of allylic oxidation sites excluding steroid dienone is 1. The maximum absolute atomic E-state index is 13.6. The van der Waals surface area contributed by atoms with Gasteiger partial charge in [0.25, 0.3) is 5.91 Å². The summed E-state index contributed by atoms with van der Waals surface area (Å²) in [4.78, 5) is 27.8. The Bertz CT molecular complexity index is 1360. The van der Waals surface area contributed by atoms with Gasteiger partial charge in [0.2, 0.25) is 0 Å². The minimum Gasteiger partial charge on any atom is -0.465 e. The van der Waals surface area contributed by atoms with E-state index in [-0.39, 0.29) is 17.1 Å². The maximum atomic E-state index is 13.6. The Morgan fingerprint density at radius 3 is 2.12 bits per heavy atom. The Labute approximate surface area is 208 Å². The van der Waals surface area contributed by atoms with Crippen LogP contribution in [0.1, 0.15) is 29.4 Å². The molecular weight excluding hydrogens is 471 g/mol. The Morgan fingerprint density at radius 1 is 0.912 bits per heavy atom. The van der Waals surface area contributed by atoms with Crippen molar-refractivity contribution in [3.63, 3.8) is 0 Å². The van der Waals surface area contributed by atoms with Crippen LogP contribution < -0.4 is 4.90 Å². The SMILES string of the molecule is COC(=O)C1=C(C)N(c2cc(Cl)cc(Cl)c2)C(=O)/C1=C\c1cc(C)n(-c2ccc(C)cc2)c1C. The molecule has 0 radical (unpaired) electrons. The van der Waals surface area contributed by atoms with Crippen LogP contribution >= 0.6 is 23.2 Å². The second-order valence-corrected chi connectivity index (χ2v) is 9.15. The summed E-state index contributed by atoms with van der Waals surface area (Å²) < 4.78 is 7.14. The van der Waals surface area contributed by atoms with Crippen LogP contribution in [-0.2, 0) is 14.3 Å². The summed E-state index contributed by atoms with van der Waals surface area (Å²) >= 11 is 12.4. The average molecular weight is 495 g/mol. The molecule has 174 valence electrons. The number of anilines is 1. The second kappa shape index (κ2) is 9.16. The van der Waals surface area contributed by atoms with Crippen LogP contribution in [-0.4, -0.2) is 23.6 Å². The highest BCUT2D eigenvalue weighted by Crippen LogP contribution is 2.38. The highest BCUT2D eigenvalue weighted by molar-refractivity contribution is 6.35. The van der Waals surface area contributed by atoms with Gasteiger partial charge in [0.05, 0.1) is 23.9 Å². The molecule has 0 unspecified atom stereocenters. The lowest BCUT2D eigenvalue weighted by Gasteiger charge is -2.18. The Hall–Kier alpha value is -3.28. The fourth-order valence-corrected chi connectivity index (χ4v) is 4.85. The van der Waals surface area contributed by atoms with Crippen molar-refractivity contribution < 1.29 is 14.3 Å². The van der Waals surface area contributed by atoms with Crippen LogP contribution in [0, 0.1) is 20.8 Å². The first-order chi connectivity index (χ1) is 16.1. The van der Waals surface area contributed by atoms with E-state index < -0.39 is 5.97 Å². The van der Waals surface area contributed by atoms with Gasteiger partial charge in [0, 0.05) is 32.8 Å². The molecule has 5 nitrogen and oxygen atoms in total. The summed E-state index contributed by atoms with van der Waals surface area (Å²) in [5, 5.41) is 0.781. The predicted octanol–water partition coefficient (Wildman–Crippen LogP) is 6.59. The molecule has 0 fully saturated rings. The second-order valence-electron chi connectivity index (χ2n) is 8.28. The van der Waals surface area contributed by atoms with E-state index in [1.807, 2.05) is 26.8 Å². The summed E-state index contributed by atoms with van der Waals surface area (Å²) in [5.41, 5.74) is 6.40. The minimum absolute atomic E-state index is 0.212. The fraction of sp³-hybridized carbons (Fsp3) is 0.185. The van der Waals surface area contributed by atoms with E-state index in [0.717, 1.165) is 22.6 Å². The van der Waals surface area contributed by atoms with Gasteiger partial charge in [-0.2, -0.15) is 0 Å². The smallest absolute Gasteiger partial charge is 0.340 e. The first kappa shape index (κ1) is 23.9. The third-order valence-electron chi connectivity index (χ3n) is 5.96. The molecule has 3 aromatic rings. The van der Waals surface area contributed by atoms with Crippen LogP contribution in [0.4, 0.5) is 5.69 Å². The van der Waals surface area contributed by atoms with Crippen molar-refractivity contribution in [3.8, 4) is 5.69 Å². The number of aromatic nitrogens is 1. The van der Waals surface area contributed by atoms with Crippen LogP contribution in [0.15, 0.2) is 65.4 Å². The monoisotopic (exact) mass is 494 g/mol. The number of rotatable bonds is 4. The molecule has 0 bridgehead atoms. The average Bonchev–Trinajstić information content (AvgIpc) is 3.19. The van der Waals surface area contributed by atoms with Crippen LogP contribution in [0.2, 0.25) is 10.0 Å². The molecule has 2 heterocycles. The number of aryl methyl sites for hydroxylation is 2. The summed E-state index contributed by atoms with van der Waals surface area (Å²) in [6, 6.07) is 15.1. The van der Waals surface area contributed by atoms with E-state index >= 15 is 0 Å². The van der Waals surface area contributed by atoms with Gasteiger partial charge in [0.1, 0.15) is 0 Å².